The van der Waals surface area contributed by atoms with E-state index >= 15 is 0 Å². The molecule has 1 N–H and O–H groups in total. The molecule has 0 spiro atoms. The molecule has 1 aromatic carbocycles. The lowest BCUT2D eigenvalue weighted by atomic mass is 10.1. The Bertz CT molecular complexity index is 699. The second-order valence-electron chi connectivity index (χ2n) is 6.83. The van der Waals surface area contributed by atoms with Crippen LogP contribution in [0.1, 0.15) is 30.5 Å². The van der Waals surface area contributed by atoms with Crippen LogP contribution in [0.3, 0.4) is 0 Å². The van der Waals surface area contributed by atoms with Gasteiger partial charge in [0.1, 0.15) is 0 Å². The molecule has 1 aromatic heterocycles. The van der Waals surface area contributed by atoms with Crippen LogP contribution in [0.4, 0.5) is 13.2 Å². The number of benzene rings is 1. The minimum atomic E-state index is -4.30. The fraction of sp³-hybridized carbons (Fsp3) is 0.500. The Morgan fingerprint density at radius 3 is 2.46 bits per heavy atom. The first-order chi connectivity index (χ1) is 11.8. The molecule has 2 aromatic rings. The first-order valence-electron chi connectivity index (χ1n) is 8.46. The molecule has 0 bridgehead atoms. The molecular formula is C18H24ClF3N4. The molecule has 144 valence electrons. The molecule has 0 amide bonds. The zero-order chi connectivity index (χ0) is 18.0. The average molecular weight is 389 g/mol. The predicted molar refractivity (Wildman–Crippen MR) is 97.4 cm³/mol. The molecular weight excluding hydrogens is 365 g/mol. The van der Waals surface area contributed by atoms with Crippen LogP contribution in [0.2, 0.25) is 0 Å². The monoisotopic (exact) mass is 388 g/mol. The van der Waals surface area contributed by atoms with Gasteiger partial charge in [0.25, 0.3) is 0 Å². The Labute approximate surface area is 157 Å². The van der Waals surface area contributed by atoms with Gasteiger partial charge in [-0.05, 0) is 31.5 Å². The molecule has 8 heteroatoms. The van der Waals surface area contributed by atoms with Gasteiger partial charge in [-0.1, -0.05) is 12.1 Å². The van der Waals surface area contributed by atoms with Crippen molar-refractivity contribution >= 4 is 12.4 Å². The molecule has 1 aliphatic rings. The fourth-order valence-electron chi connectivity index (χ4n) is 3.11. The Kier molecular flexibility index (Phi) is 6.71. The van der Waals surface area contributed by atoms with Gasteiger partial charge >= 0.3 is 6.18 Å². The third-order valence-electron chi connectivity index (χ3n) is 4.59. The van der Waals surface area contributed by atoms with Crippen LogP contribution in [0.15, 0.2) is 36.7 Å². The van der Waals surface area contributed by atoms with E-state index in [1.54, 1.807) is 4.68 Å². The lowest BCUT2D eigenvalue weighted by molar-refractivity contribution is -0.137. The molecule has 0 radical (unpaired) electrons. The van der Waals surface area contributed by atoms with Crippen molar-refractivity contribution in [3.8, 4) is 0 Å². The van der Waals surface area contributed by atoms with Crippen LogP contribution in [0.5, 0.6) is 0 Å². The highest BCUT2D eigenvalue weighted by atomic mass is 35.5. The van der Waals surface area contributed by atoms with Gasteiger partial charge in [-0.3, -0.25) is 9.58 Å². The number of nitrogens with zero attached hydrogens (tertiary/aromatic N) is 3. The second-order valence-corrected chi connectivity index (χ2v) is 6.83. The zero-order valence-corrected chi connectivity index (χ0v) is 15.6. The lowest BCUT2D eigenvalue weighted by Crippen LogP contribution is -2.53. The van der Waals surface area contributed by atoms with Gasteiger partial charge in [0.2, 0.25) is 0 Å². The topological polar surface area (TPSA) is 33.1 Å². The van der Waals surface area contributed by atoms with Crippen LogP contribution in [-0.2, 0) is 19.3 Å². The Morgan fingerprint density at radius 1 is 1.12 bits per heavy atom. The van der Waals surface area contributed by atoms with Crippen molar-refractivity contribution in [3.05, 3.63) is 53.3 Å². The first-order valence-corrected chi connectivity index (χ1v) is 8.46. The van der Waals surface area contributed by atoms with E-state index in [0.717, 1.165) is 42.9 Å². The number of halogens is 4. The van der Waals surface area contributed by atoms with E-state index in [-0.39, 0.29) is 12.4 Å². The summed E-state index contributed by atoms with van der Waals surface area (Å²) in [5.41, 5.74) is 1.29. The summed E-state index contributed by atoms with van der Waals surface area (Å²) in [4.78, 5) is 2.42. The van der Waals surface area contributed by atoms with E-state index < -0.39 is 11.7 Å². The molecule has 2 heterocycles. The minimum Gasteiger partial charge on any atom is -0.311 e. The van der Waals surface area contributed by atoms with Crippen LogP contribution in [0.25, 0.3) is 0 Å². The molecule has 4 nitrogen and oxygen atoms in total. The molecule has 1 saturated heterocycles. The number of hydrogen-bond acceptors (Lipinski definition) is 3. The number of aromatic nitrogens is 2. The maximum atomic E-state index is 12.6. The van der Waals surface area contributed by atoms with Gasteiger partial charge in [0, 0.05) is 43.5 Å². The number of nitrogens with one attached hydrogen (secondary N) is 1. The van der Waals surface area contributed by atoms with Crippen molar-refractivity contribution in [2.45, 2.75) is 45.2 Å². The van der Waals surface area contributed by atoms with E-state index in [0.29, 0.717) is 18.6 Å². The van der Waals surface area contributed by atoms with E-state index in [2.05, 4.69) is 29.2 Å². The summed E-state index contributed by atoms with van der Waals surface area (Å²) >= 11 is 0. The van der Waals surface area contributed by atoms with Crippen molar-refractivity contribution < 1.29 is 13.2 Å². The number of piperazine rings is 1. The number of hydrogen-bond donors (Lipinski definition) is 1. The van der Waals surface area contributed by atoms with E-state index in [9.17, 15) is 13.2 Å². The summed E-state index contributed by atoms with van der Waals surface area (Å²) in [6.45, 7) is 7.64. The highest BCUT2D eigenvalue weighted by Crippen LogP contribution is 2.29. The third-order valence-corrected chi connectivity index (χ3v) is 4.59. The second kappa shape index (κ2) is 8.41. The Morgan fingerprint density at radius 2 is 1.81 bits per heavy atom. The highest BCUT2D eigenvalue weighted by Gasteiger charge is 2.30. The van der Waals surface area contributed by atoms with Crippen molar-refractivity contribution in [3.63, 3.8) is 0 Å². The molecule has 0 saturated carbocycles. The molecule has 1 aliphatic heterocycles. The predicted octanol–water partition coefficient (Wildman–Crippen LogP) is 3.55. The van der Waals surface area contributed by atoms with Gasteiger partial charge in [-0.2, -0.15) is 18.3 Å². The summed E-state index contributed by atoms with van der Waals surface area (Å²) in [7, 11) is 0. The van der Waals surface area contributed by atoms with Gasteiger partial charge in [0.05, 0.1) is 18.3 Å². The van der Waals surface area contributed by atoms with Gasteiger partial charge in [-0.25, -0.2) is 0 Å². The van der Waals surface area contributed by atoms with Gasteiger partial charge in [-0.15, -0.1) is 12.4 Å². The van der Waals surface area contributed by atoms with Crippen molar-refractivity contribution in [1.82, 2.24) is 20.0 Å². The standard InChI is InChI=1S/C18H23F3N4.ClH/c1-13-9-24(14(2)7-22-13)10-16-8-23-25(12-16)11-15-3-5-17(6-4-15)18(19,20)21;/h3-6,8,12-14,22H,7,9-11H2,1-2H3;1H. The molecule has 2 atom stereocenters. The van der Waals surface area contributed by atoms with E-state index in [1.807, 2.05) is 12.4 Å². The zero-order valence-electron chi connectivity index (χ0n) is 14.8. The molecule has 2 unspecified atom stereocenters. The average Bonchev–Trinajstić information content (AvgIpc) is 2.98. The van der Waals surface area contributed by atoms with Crippen molar-refractivity contribution in [1.29, 1.82) is 0 Å². The third kappa shape index (κ3) is 5.22. The lowest BCUT2D eigenvalue weighted by Gasteiger charge is -2.37. The van der Waals surface area contributed by atoms with Crippen LogP contribution >= 0.6 is 12.4 Å². The molecule has 1 fully saturated rings. The van der Waals surface area contributed by atoms with Gasteiger partial charge < -0.3 is 5.32 Å². The highest BCUT2D eigenvalue weighted by molar-refractivity contribution is 5.85. The fourth-order valence-corrected chi connectivity index (χ4v) is 3.11. The summed E-state index contributed by atoms with van der Waals surface area (Å²) in [6.07, 6.45) is -0.491. The summed E-state index contributed by atoms with van der Waals surface area (Å²) < 4.78 is 39.6. The van der Waals surface area contributed by atoms with Crippen molar-refractivity contribution in [2.24, 2.45) is 0 Å². The quantitative estimate of drug-likeness (QED) is 0.869. The molecule has 3 rings (SSSR count). The Balaban J connectivity index is 0.00000243. The first kappa shape index (κ1) is 20.7. The van der Waals surface area contributed by atoms with Gasteiger partial charge in [0.15, 0.2) is 0 Å². The summed E-state index contributed by atoms with van der Waals surface area (Å²) in [5, 5.41) is 7.80. The van der Waals surface area contributed by atoms with E-state index in [1.165, 1.54) is 12.1 Å². The number of rotatable bonds is 4. The largest absolute Gasteiger partial charge is 0.416 e. The molecule has 0 aliphatic carbocycles. The van der Waals surface area contributed by atoms with Crippen LogP contribution in [0, 0.1) is 0 Å². The maximum Gasteiger partial charge on any atom is 0.416 e. The van der Waals surface area contributed by atoms with E-state index in [4.69, 9.17) is 0 Å². The Hall–Kier alpha value is -1.57. The summed E-state index contributed by atoms with van der Waals surface area (Å²) in [5.74, 6) is 0. The normalized spacial score (nSPS) is 21.4. The smallest absolute Gasteiger partial charge is 0.311 e. The SMILES string of the molecule is CC1CN(Cc2cnn(Cc3ccc(C(F)(F)F)cc3)c2)C(C)CN1.Cl. The van der Waals surface area contributed by atoms with Crippen LogP contribution < -0.4 is 5.32 Å². The molecule has 26 heavy (non-hydrogen) atoms. The minimum absolute atomic E-state index is 0. The number of alkyl halides is 3. The van der Waals surface area contributed by atoms with Crippen molar-refractivity contribution in [2.75, 3.05) is 13.1 Å². The summed E-state index contributed by atoms with van der Waals surface area (Å²) in [6, 6.07) is 6.18. The maximum absolute atomic E-state index is 12.6. The van der Waals surface area contributed by atoms with Crippen LogP contribution in [-0.4, -0.2) is 39.9 Å².